The molecule has 1 aromatic rings. The molecule has 0 atom stereocenters. The molecule has 0 aliphatic carbocycles. The van der Waals surface area contributed by atoms with Gasteiger partial charge in [0.1, 0.15) is 5.75 Å². The summed E-state index contributed by atoms with van der Waals surface area (Å²) in [5, 5.41) is 3.14. The molecule has 0 aromatic heterocycles. The van der Waals surface area contributed by atoms with Gasteiger partial charge in [-0.1, -0.05) is 22.9 Å². The lowest BCUT2D eigenvalue weighted by atomic mass is 10.0. The molecule has 3 N–H and O–H groups in total. The highest BCUT2D eigenvalue weighted by Gasteiger charge is 2.24. The number of hydrogen-bond acceptors (Lipinski definition) is 3. The molecule has 19 heavy (non-hydrogen) atoms. The molecule has 0 saturated carbocycles. The van der Waals surface area contributed by atoms with Gasteiger partial charge in [-0.2, -0.15) is 0 Å². The van der Waals surface area contributed by atoms with Gasteiger partial charge in [-0.05, 0) is 38.5 Å². The summed E-state index contributed by atoms with van der Waals surface area (Å²) in [5.74, 6) is 0.455. The van der Waals surface area contributed by atoms with Crippen LogP contribution in [-0.4, -0.2) is 18.1 Å². The number of primary amides is 1. The fraction of sp³-hybridized carbons (Fsp3) is 0.500. The van der Waals surface area contributed by atoms with Gasteiger partial charge < -0.3 is 10.5 Å². The van der Waals surface area contributed by atoms with E-state index in [9.17, 15) is 4.79 Å². The summed E-state index contributed by atoms with van der Waals surface area (Å²) in [4.78, 5) is 11.3. The van der Waals surface area contributed by atoms with Crippen LogP contribution in [0.25, 0.3) is 0 Å². The van der Waals surface area contributed by atoms with Crippen LogP contribution in [0.2, 0.25) is 0 Å². The van der Waals surface area contributed by atoms with Crippen molar-refractivity contribution in [3.63, 3.8) is 0 Å². The minimum Gasteiger partial charge on any atom is -0.493 e. The van der Waals surface area contributed by atoms with Crippen LogP contribution >= 0.6 is 15.9 Å². The van der Waals surface area contributed by atoms with E-state index in [1.807, 2.05) is 18.2 Å². The molecule has 1 amide bonds. The maximum absolute atomic E-state index is 11.3. The predicted molar refractivity (Wildman–Crippen MR) is 80.0 cm³/mol. The normalized spacial score (nSPS) is 11.4. The molecule has 0 aliphatic heterocycles. The molecule has 0 fully saturated rings. The fourth-order valence-corrected chi connectivity index (χ4v) is 1.85. The van der Waals surface area contributed by atoms with Gasteiger partial charge in [0.25, 0.3) is 0 Å². The molecule has 0 bridgehead atoms. The number of carbonyl (C=O) groups excluding carboxylic acids is 1. The highest BCUT2D eigenvalue weighted by Crippen LogP contribution is 2.24. The molecule has 5 heteroatoms. The van der Waals surface area contributed by atoms with Gasteiger partial charge in [-0.15, -0.1) is 0 Å². The Morgan fingerprint density at radius 3 is 2.74 bits per heavy atom. The molecule has 0 spiro atoms. The zero-order valence-electron chi connectivity index (χ0n) is 11.6. The number of nitrogens with two attached hydrogens (primary N) is 1. The number of benzene rings is 1. The molecular weight excluding hydrogens is 308 g/mol. The van der Waals surface area contributed by atoms with Crippen molar-refractivity contribution in [1.29, 1.82) is 0 Å². The lowest BCUT2D eigenvalue weighted by molar-refractivity contribution is -0.123. The summed E-state index contributed by atoms with van der Waals surface area (Å²) in [7, 11) is 0. The van der Waals surface area contributed by atoms with E-state index in [4.69, 9.17) is 10.5 Å². The van der Waals surface area contributed by atoms with Gasteiger partial charge >= 0.3 is 0 Å². The number of carbonyl (C=O) groups is 1. The van der Waals surface area contributed by atoms with Gasteiger partial charge in [0.15, 0.2) is 0 Å². The summed E-state index contributed by atoms with van der Waals surface area (Å²) < 4.78 is 6.67. The van der Waals surface area contributed by atoms with E-state index in [2.05, 4.69) is 28.2 Å². The van der Waals surface area contributed by atoms with Crippen molar-refractivity contribution in [2.45, 2.75) is 39.3 Å². The minimum atomic E-state index is -0.746. The largest absolute Gasteiger partial charge is 0.493 e. The first-order chi connectivity index (χ1) is 8.86. The zero-order valence-corrected chi connectivity index (χ0v) is 13.2. The second kappa shape index (κ2) is 6.91. The molecule has 0 unspecified atom stereocenters. The molecule has 1 aromatic carbocycles. The smallest absolute Gasteiger partial charge is 0.237 e. The van der Waals surface area contributed by atoms with Crippen molar-refractivity contribution < 1.29 is 9.53 Å². The summed E-state index contributed by atoms with van der Waals surface area (Å²) in [5.41, 5.74) is 5.59. The van der Waals surface area contributed by atoms with Gasteiger partial charge in [-0.25, -0.2) is 0 Å². The third-order valence-electron chi connectivity index (χ3n) is 2.82. The Balaban J connectivity index is 2.81. The van der Waals surface area contributed by atoms with Crippen molar-refractivity contribution >= 4 is 21.8 Å². The van der Waals surface area contributed by atoms with Crippen LogP contribution in [0, 0.1) is 0 Å². The van der Waals surface area contributed by atoms with Crippen LogP contribution in [0.3, 0.4) is 0 Å². The average molecular weight is 329 g/mol. The Morgan fingerprint density at radius 1 is 1.47 bits per heavy atom. The number of amides is 1. The maximum Gasteiger partial charge on any atom is 0.237 e. The highest BCUT2D eigenvalue weighted by molar-refractivity contribution is 9.10. The van der Waals surface area contributed by atoms with Crippen molar-refractivity contribution in [1.82, 2.24) is 5.32 Å². The number of nitrogens with one attached hydrogen (secondary N) is 1. The Labute approximate surface area is 122 Å². The van der Waals surface area contributed by atoms with Crippen molar-refractivity contribution in [3.05, 3.63) is 28.2 Å². The fourth-order valence-electron chi connectivity index (χ4n) is 1.44. The molecule has 0 saturated heterocycles. The number of hydrogen-bond donors (Lipinski definition) is 2. The summed E-state index contributed by atoms with van der Waals surface area (Å²) in [6.07, 6.45) is 0.954. The second-order valence-corrected chi connectivity index (χ2v) is 5.86. The molecule has 106 valence electrons. The number of halogens is 1. The zero-order chi connectivity index (χ0) is 14.5. The minimum absolute atomic E-state index is 0.376. The van der Waals surface area contributed by atoms with E-state index in [0.29, 0.717) is 13.2 Å². The Morgan fingerprint density at radius 2 is 2.16 bits per heavy atom. The van der Waals surface area contributed by atoms with Crippen LogP contribution < -0.4 is 15.8 Å². The third kappa shape index (κ3) is 4.84. The van der Waals surface area contributed by atoms with Crippen LogP contribution in [-0.2, 0) is 11.3 Å². The summed E-state index contributed by atoms with van der Waals surface area (Å²) in [6, 6.07) is 5.84. The molecule has 4 nitrogen and oxygen atoms in total. The van der Waals surface area contributed by atoms with Crippen LogP contribution in [0.1, 0.15) is 32.8 Å². The molecule has 1 rings (SSSR count). The Hall–Kier alpha value is -1.07. The van der Waals surface area contributed by atoms with E-state index < -0.39 is 5.54 Å². The summed E-state index contributed by atoms with van der Waals surface area (Å²) in [6.45, 7) is 6.79. The Kier molecular flexibility index (Phi) is 5.82. The molecule has 0 radical (unpaired) electrons. The van der Waals surface area contributed by atoms with E-state index >= 15 is 0 Å². The predicted octanol–water partition coefficient (Wildman–Crippen LogP) is 2.59. The van der Waals surface area contributed by atoms with Crippen molar-refractivity contribution in [2.24, 2.45) is 5.73 Å². The second-order valence-electron chi connectivity index (χ2n) is 4.94. The van der Waals surface area contributed by atoms with Crippen LogP contribution in [0.15, 0.2) is 22.7 Å². The third-order valence-corrected chi connectivity index (χ3v) is 3.31. The van der Waals surface area contributed by atoms with Gasteiger partial charge in [0, 0.05) is 16.6 Å². The standard InChI is InChI=1S/C14H21BrN2O2/c1-4-7-19-12-6-5-11(15)8-10(12)9-17-14(2,3)13(16)18/h5-6,8,17H,4,7,9H2,1-3H3,(H2,16,18). The lowest BCUT2D eigenvalue weighted by Gasteiger charge is -2.23. The van der Waals surface area contributed by atoms with E-state index in [1.165, 1.54) is 0 Å². The molecule has 0 heterocycles. The SMILES string of the molecule is CCCOc1ccc(Br)cc1CNC(C)(C)C(N)=O. The van der Waals surface area contributed by atoms with E-state index in [1.54, 1.807) is 13.8 Å². The Bertz CT molecular complexity index is 447. The maximum atomic E-state index is 11.3. The highest BCUT2D eigenvalue weighted by atomic mass is 79.9. The first-order valence-electron chi connectivity index (χ1n) is 6.33. The van der Waals surface area contributed by atoms with Crippen LogP contribution in [0.5, 0.6) is 5.75 Å². The lowest BCUT2D eigenvalue weighted by Crippen LogP contribution is -2.50. The van der Waals surface area contributed by atoms with Gasteiger partial charge in [0.05, 0.1) is 12.1 Å². The first-order valence-corrected chi connectivity index (χ1v) is 7.12. The van der Waals surface area contributed by atoms with Crippen LogP contribution in [0.4, 0.5) is 0 Å². The number of rotatable bonds is 7. The molecular formula is C14H21BrN2O2. The number of ether oxygens (including phenoxy) is 1. The van der Waals surface area contributed by atoms with E-state index in [-0.39, 0.29) is 5.91 Å². The topological polar surface area (TPSA) is 64.3 Å². The van der Waals surface area contributed by atoms with E-state index in [0.717, 1.165) is 22.2 Å². The van der Waals surface area contributed by atoms with Crippen molar-refractivity contribution in [3.8, 4) is 5.75 Å². The quantitative estimate of drug-likeness (QED) is 0.808. The summed E-state index contributed by atoms with van der Waals surface area (Å²) >= 11 is 3.44. The average Bonchev–Trinajstić information content (AvgIpc) is 2.35. The van der Waals surface area contributed by atoms with Gasteiger partial charge in [-0.3, -0.25) is 10.1 Å². The molecule has 0 aliphatic rings. The van der Waals surface area contributed by atoms with Crippen molar-refractivity contribution in [2.75, 3.05) is 6.61 Å². The first kappa shape index (κ1) is 16.0. The van der Waals surface area contributed by atoms with Gasteiger partial charge in [0.2, 0.25) is 5.91 Å². The monoisotopic (exact) mass is 328 g/mol.